The Morgan fingerprint density at radius 1 is 1.05 bits per heavy atom. The maximum Gasteiger partial charge on any atom is 0.261 e. The Labute approximate surface area is 122 Å². The molecule has 0 aliphatic rings. The van der Waals surface area contributed by atoms with E-state index in [1.165, 1.54) is 24.3 Å². The Balaban J connectivity index is 2.51. The van der Waals surface area contributed by atoms with Crippen LogP contribution in [0.25, 0.3) is 6.08 Å². The molecular weight excluding hydrogens is 302 g/mol. The summed E-state index contributed by atoms with van der Waals surface area (Å²) in [5, 5.41) is 11.4. The molecule has 0 spiro atoms. The van der Waals surface area contributed by atoms with Gasteiger partial charge in [0.15, 0.2) is 23.3 Å². The fourth-order valence-electron chi connectivity index (χ4n) is 1.79. The average Bonchev–Trinajstić information content (AvgIpc) is 2.48. The molecule has 0 unspecified atom stereocenters. The third kappa shape index (κ3) is 2.52. The molecule has 0 heterocycles. The van der Waals surface area contributed by atoms with E-state index in [9.17, 15) is 27.5 Å². The van der Waals surface area contributed by atoms with Gasteiger partial charge in [-0.1, -0.05) is 24.8 Å². The van der Waals surface area contributed by atoms with Crippen LogP contribution in [0.15, 0.2) is 30.8 Å². The first-order chi connectivity index (χ1) is 10.4. The van der Waals surface area contributed by atoms with E-state index < -0.39 is 40.3 Å². The highest BCUT2D eigenvalue weighted by molar-refractivity contribution is 6.05. The zero-order chi connectivity index (χ0) is 16.4. The summed E-state index contributed by atoms with van der Waals surface area (Å²) in [6, 6.07) is 5.34. The number of nitrogens with one attached hydrogen (secondary N) is 1. The molecule has 0 atom stereocenters. The second-order valence-electron chi connectivity index (χ2n) is 4.22. The topological polar surface area (TPSA) is 49.3 Å². The molecule has 0 saturated heterocycles. The van der Waals surface area contributed by atoms with Gasteiger partial charge in [-0.25, -0.2) is 17.6 Å². The van der Waals surface area contributed by atoms with Gasteiger partial charge < -0.3 is 10.4 Å². The molecule has 2 aromatic carbocycles. The first kappa shape index (κ1) is 15.6. The van der Waals surface area contributed by atoms with Crippen LogP contribution in [0.3, 0.4) is 0 Å². The zero-order valence-electron chi connectivity index (χ0n) is 11.0. The maximum atomic E-state index is 13.8. The van der Waals surface area contributed by atoms with Crippen molar-refractivity contribution in [1.82, 2.24) is 0 Å². The minimum atomic E-state index is -1.85. The molecule has 0 radical (unpaired) electrons. The van der Waals surface area contributed by atoms with E-state index in [-0.39, 0.29) is 11.4 Å². The first-order valence-corrected chi connectivity index (χ1v) is 5.96. The van der Waals surface area contributed by atoms with Crippen molar-refractivity contribution < 1.29 is 27.5 Å². The van der Waals surface area contributed by atoms with Crippen molar-refractivity contribution in [2.45, 2.75) is 0 Å². The lowest BCUT2D eigenvalue weighted by molar-refractivity contribution is 0.101. The van der Waals surface area contributed by atoms with Crippen molar-refractivity contribution >= 4 is 17.7 Å². The minimum absolute atomic E-state index is 0.167. The molecule has 2 aromatic rings. The number of halogens is 4. The van der Waals surface area contributed by atoms with Gasteiger partial charge in [0.2, 0.25) is 0 Å². The molecule has 22 heavy (non-hydrogen) atoms. The van der Waals surface area contributed by atoms with Crippen molar-refractivity contribution in [2.75, 3.05) is 5.32 Å². The van der Waals surface area contributed by atoms with Crippen LogP contribution in [0.1, 0.15) is 15.9 Å². The van der Waals surface area contributed by atoms with E-state index in [0.29, 0.717) is 6.08 Å². The number of aromatic hydroxyl groups is 1. The van der Waals surface area contributed by atoms with Crippen LogP contribution in [-0.4, -0.2) is 11.0 Å². The molecule has 2 N–H and O–H groups in total. The number of benzene rings is 2. The van der Waals surface area contributed by atoms with Crippen LogP contribution < -0.4 is 5.32 Å². The van der Waals surface area contributed by atoms with Crippen molar-refractivity contribution in [2.24, 2.45) is 0 Å². The highest BCUT2D eigenvalue weighted by atomic mass is 19.2. The van der Waals surface area contributed by atoms with Crippen LogP contribution in [0.4, 0.5) is 23.2 Å². The molecule has 0 fully saturated rings. The Morgan fingerprint density at radius 3 is 2.09 bits per heavy atom. The van der Waals surface area contributed by atoms with Gasteiger partial charge in [0.25, 0.3) is 5.91 Å². The van der Waals surface area contributed by atoms with Crippen LogP contribution in [0, 0.1) is 23.3 Å². The maximum absolute atomic E-state index is 13.8. The fraction of sp³-hybridized carbons (Fsp3) is 0. The Morgan fingerprint density at radius 2 is 1.59 bits per heavy atom. The number of rotatable bonds is 3. The molecule has 114 valence electrons. The molecule has 0 aliphatic carbocycles. The number of phenols is 1. The first-order valence-electron chi connectivity index (χ1n) is 5.96. The Kier molecular flexibility index (Phi) is 4.16. The Hall–Kier alpha value is -2.83. The lowest BCUT2D eigenvalue weighted by atomic mass is 10.1. The number of carbonyl (C=O) groups excluding carboxylic acids is 1. The summed E-state index contributed by atoms with van der Waals surface area (Å²) in [5.74, 6) is -8.96. The number of carbonyl (C=O) groups is 1. The van der Waals surface area contributed by atoms with E-state index in [4.69, 9.17) is 0 Å². The number of phenolic OH excluding ortho intramolecular Hbond substituents is 1. The predicted molar refractivity (Wildman–Crippen MR) is 72.4 cm³/mol. The summed E-state index contributed by atoms with van der Waals surface area (Å²) in [6.45, 7) is 3.04. The van der Waals surface area contributed by atoms with Crippen LogP contribution in [0.5, 0.6) is 5.75 Å². The van der Waals surface area contributed by atoms with Crippen LogP contribution in [0.2, 0.25) is 0 Å². The van der Waals surface area contributed by atoms with Crippen molar-refractivity contribution in [1.29, 1.82) is 0 Å². The molecule has 2 rings (SSSR count). The van der Waals surface area contributed by atoms with E-state index in [1.807, 2.05) is 5.32 Å². The molecule has 3 nitrogen and oxygen atoms in total. The van der Waals surface area contributed by atoms with Gasteiger partial charge in [-0.05, 0) is 12.1 Å². The molecule has 7 heteroatoms. The van der Waals surface area contributed by atoms with Gasteiger partial charge in [0, 0.05) is 0 Å². The fourth-order valence-corrected chi connectivity index (χ4v) is 1.79. The van der Waals surface area contributed by atoms with Gasteiger partial charge in [0.05, 0.1) is 11.3 Å². The number of hydrogen-bond acceptors (Lipinski definition) is 2. The Bertz CT molecular complexity index is 745. The molecule has 0 aliphatic heterocycles. The van der Waals surface area contributed by atoms with Gasteiger partial charge >= 0.3 is 0 Å². The van der Waals surface area contributed by atoms with E-state index in [1.54, 1.807) is 0 Å². The molecule has 0 aromatic heterocycles. The smallest absolute Gasteiger partial charge is 0.261 e. The number of para-hydroxylation sites is 2. The number of anilines is 1. The lowest BCUT2D eigenvalue weighted by Crippen LogP contribution is -2.19. The summed E-state index contributed by atoms with van der Waals surface area (Å²) in [6.07, 6.45) is 0.599. The van der Waals surface area contributed by atoms with Gasteiger partial charge in [0.1, 0.15) is 11.3 Å². The zero-order valence-corrected chi connectivity index (χ0v) is 11.0. The summed E-state index contributed by atoms with van der Waals surface area (Å²) in [5.41, 5.74) is -2.60. The van der Waals surface area contributed by atoms with E-state index >= 15 is 0 Å². The summed E-state index contributed by atoms with van der Waals surface area (Å²) < 4.78 is 54.8. The second-order valence-corrected chi connectivity index (χ2v) is 4.22. The lowest BCUT2D eigenvalue weighted by Gasteiger charge is -2.11. The van der Waals surface area contributed by atoms with Gasteiger partial charge in [-0.3, -0.25) is 4.79 Å². The normalized spacial score (nSPS) is 10.4. The third-order valence-electron chi connectivity index (χ3n) is 2.88. The monoisotopic (exact) mass is 311 g/mol. The molecule has 0 saturated carbocycles. The van der Waals surface area contributed by atoms with Crippen molar-refractivity contribution in [3.63, 3.8) is 0 Å². The number of amides is 1. The highest BCUT2D eigenvalue weighted by Gasteiger charge is 2.28. The van der Waals surface area contributed by atoms with E-state index in [2.05, 4.69) is 6.58 Å². The van der Waals surface area contributed by atoms with Crippen molar-refractivity contribution in [3.05, 3.63) is 65.2 Å². The second kappa shape index (κ2) is 5.88. The highest BCUT2D eigenvalue weighted by Crippen LogP contribution is 2.27. The third-order valence-corrected chi connectivity index (χ3v) is 2.88. The summed E-state index contributed by atoms with van der Waals surface area (Å²) >= 11 is 0. The van der Waals surface area contributed by atoms with Crippen LogP contribution in [-0.2, 0) is 0 Å². The van der Waals surface area contributed by atoms with Crippen LogP contribution >= 0.6 is 0 Å². The average molecular weight is 311 g/mol. The molecular formula is C15H9F4NO2. The largest absolute Gasteiger partial charge is 0.506 e. The van der Waals surface area contributed by atoms with Gasteiger partial charge in [-0.2, -0.15) is 0 Å². The molecule has 0 bridgehead atoms. The number of hydrogen-bond donors (Lipinski definition) is 2. The molecule has 1 amide bonds. The SMILES string of the molecule is C=Cc1c(F)c(F)c(C(=O)Nc2ccccc2O)c(F)c1F. The standard InChI is InChI=1S/C15H9F4NO2/c1-2-7-11(16)13(18)10(14(19)12(7)17)15(22)20-8-5-3-4-6-9(8)21/h2-6,21H,1H2,(H,20,22). The predicted octanol–water partition coefficient (Wildman–Crippen LogP) is 3.84. The summed E-state index contributed by atoms with van der Waals surface area (Å²) in [7, 11) is 0. The van der Waals surface area contributed by atoms with Gasteiger partial charge in [-0.15, -0.1) is 0 Å². The summed E-state index contributed by atoms with van der Waals surface area (Å²) in [4.78, 5) is 11.9. The quantitative estimate of drug-likeness (QED) is 0.514. The van der Waals surface area contributed by atoms with E-state index in [0.717, 1.165) is 0 Å². The minimum Gasteiger partial charge on any atom is -0.506 e. The van der Waals surface area contributed by atoms with Crippen molar-refractivity contribution in [3.8, 4) is 5.75 Å².